The Morgan fingerprint density at radius 2 is 1.52 bits per heavy atom. The molecule has 3 aromatic carbocycles. The van der Waals surface area contributed by atoms with E-state index in [1.54, 1.807) is 36.4 Å². The van der Waals surface area contributed by atoms with Crippen molar-refractivity contribution in [2.24, 2.45) is 0 Å². The predicted octanol–water partition coefficient (Wildman–Crippen LogP) is 3.29. The number of hydrogen-bond donors (Lipinski definition) is 1. The number of amides is 1. The SMILES string of the molecule is O=C(CN(Cc1ccccc1)S(=O)(=O)c1ccccc1)Nc1ccc2c(c1)OCCO2. The summed E-state index contributed by atoms with van der Waals surface area (Å²) >= 11 is 0. The Bertz CT molecular complexity index is 1150. The van der Waals surface area contributed by atoms with Gasteiger partial charge in [0.05, 0.1) is 11.4 Å². The molecule has 1 aliphatic heterocycles. The topological polar surface area (TPSA) is 84.9 Å². The summed E-state index contributed by atoms with van der Waals surface area (Å²) in [6.45, 7) is 0.655. The number of nitrogens with one attached hydrogen (secondary N) is 1. The molecular formula is C23H22N2O5S. The summed E-state index contributed by atoms with van der Waals surface area (Å²) in [6.07, 6.45) is 0. The van der Waals surface area contributed by atoms with E-state index in [2.05, 4.69) is 5.32 Å². The fraction of sp³-hybridized carbons (Fsp3) is 0.174. The molecule has 8 heteroatoms. The number of fused-ring (bicyclic) bond motifs is 1. The molecule has 1 N–H and O–H groups in total. The van der Waals surface area contributed by atoms with Crippen LogP contribution < -0.4 is 14.8 Å². The van der Waals surface area contributed by atoms with Crippen LogP contribution in [0.4, 0.5) is 5.69 Å². The van der Waals surface area contributed by atoms with E-state index < -0.39 is 15.9 Å². The molecule has 0 saturated carbocycles. The quantitative estimate of drug-likeness (QED) is 0.612. The fourth-order valence-corrected chi connectivity index (χ4v) is 4.64. The van der Waals surface area contributed by atoms with E-state index in [9.17, 15) is 13.2 Å². The zero-order valence-corrected chi connectivity index (χ0v) is 17.5. The van der Waals surface area contributed by atoms with Gasteiger partial charge in [-0.2, -0.15) is 4.31 Å². The third-order valence-electron chi connectivity index (χ3n) is 4.73. The van der Waals surface area contributed by atoms with Crippen LogP contribution in [-0.4, -0.2) is 38.4 Å². The van der Waals surface area contributed by atoms with Crippen molar-refractivity contribution in [3.05, 3.63) is 84.4 Å². The predicted molar refractivity (Wildman–Crippen MR) is 117 cm³/mol. The maximum Gasteiger partial charge on any atom is 0.243 e. The first-order valence-electron chi connectivity index (χ1n) is 9.81. The fourth-order valence-electron chi connectivity index (χ4n) is 3.24. The van der Waals surface area contributed by atoms with Crippen molar-refractivity contribution in [2.45, 2.75) is 11.4 Å². The number of carbonyl (C=O) groups is 1. The van der Waals surface area contributed by atoms with Gasteiger partial charge in [-0.15, -0.1) is 0 Å². The average molecular weight is 439 g/mol. The van der Waals surface area contributed by atoms with Crippen LogP contribution in [0.25, 0.3) is 0 Å². The average Bonchev–Trinajstić information content (AvgIpc) is 2.80. The van der Waals surface area contributed by atoms with Crippen LogP contribution in [0.2, 0.25) is 0 Å². The summed E-state index contributed by atoms with van der Waals surface area (Å²) in [5.41, 5.74) is 1.29. The lowest BCUT2D eigenvalue weighted by Gasteiger charge is -2.22. The number of anilines is 1. The van der Waals surface area contributed by atoms with Gasteiger partial charge >= 0.3 is 0 Å². The molecule has 1 amide bonds. The minimum atomic E-state index is -3.87. The largest absolute Gasteiger partial charge is 0.486 e. The molecule has 1 heterocycles. The highest BCUT2D eigenvalue weighted by atomic mass is 32.2. The molecule has 3 aromatic rings. The van der Waals surface area contributed by atoms with E-state index in [-0.39, 0.29) is 18.0 Å². The zero-order valence-electron chi connectivity index (χ0n) is 16.7. The molecule has 0 aliphatic carbocycles. The number of ether oxygens (including phenoxy) is 2. The van der Waals surface area contributed by atoms with E-state index in [1.165, 1.54) is 16.4 Å². The second-order valence-corrected chi connectivity index (χ2v) is 8.92. The monoisotopic (exact) mass is 438 g/mol. The minimum Gasteiger partial charge on any atom is -0.486 e. The number of carbonyl (C=O) groups excluding carboxylic acids is 1. The summed E-state index contributed by atoms with van der Waals surface area (Å²) in [5.74, 6) is 0.704. The smallest absolute Gasteiger partial charge is 0.243 e. The molecule has 0 fully saturated rings. The van der Waals surface area contributed by atoms with Crippen molar-refractivity contribution in [2.75, 3.05) is 25.1 Å². The number of hydrogen-bond acceptors (Lipinski definition) is 5. The van der Waals surface area contributed by atoms with E-state index in [1.807, 2.05) is 30.3 Å². The van der Waals surface area contributed by atoms with Crippen molar-refractivity contribution in [1.29, 1.82) is 0 Å². The van der Waals surface area contributed by atoms with Gasteiger partial charge in [0.15, 0.2) is 11.5 Å². The van der Waals surface area contributed by atoms with Crippen molar-refractivity contribution in [3.63, 3.8) is 0 Å². The summed E-state index contributed by atoms with van der Waals surface area (Å²) in [4.78, 5) is 12.9. The van der Waals surface area contributed by atoms with E-state index in [0.717, 1.165) is 5.56 Å². The molecule has 0 unspecified atom stereocenters. The molecular weight excluding hydrogens is 416 g/mol. The Kier molecular flexibility index (Phi) is 6.20. The summed E-state index contributed by atoms with van der Waals surface area (Å²) < 4.78 is 38.6. The van der Waals surface area contributed by atoms with Gasteiger partial charge in [0, 0.05) is 18.3 Å². The van der Waals surface area contributed by atoms with E-state index >= 15 is 0 Å². The second-order valence-electron chi connectivity index (χ2n) is 6.98. The molecule has 31 heavy (non-hydrogen) atoms. The lowest BCUT2D eigenvalue weighted by molar-refractivity contribution is -0.116. The van der Waals surface area contributed by atoms with Crippen LogP contribution in [0.15, 0.2) is 83.8 Å². The molecule has 160 valence electrons. The molecule has 0 atom stereocenters. The molecule has 0 aromatic heterocycles. The standard InChI is InChI=1S/C23H22N2O5S/c26-23(24-19-11-12-21-22(15-19)30-14-13-29-21)17-25(16-18-7-3-1-4-8-18)31(27,28)20-9-5-2-6-10-20/h1-12,15H,13-14,16-17H2,(H,24,26). The highest BCUT2D eigenvalue weighted by Gasteiger charge is 2.27. The van der Waals surface area contributed by atoms with Crippen LogP contribution in [-0.2, 0) is 21.4 Å². The van der Waals surface area contributed by atoms with Crippen LogP contribution in [0.5, 0.6) is 11.5 Å². The Labute approximate surface area is 181 Å². The molecule has 0 bridgehead atoms. The number of rotatable bonds is 7. The van der Waals surface area contributed by atoms with Gasteiger partial charge in [0.25, 0.3) is 0 Å². The van der Waals surface area contributed by atoms with Crippen LogP contribution >= 0.6 is 0 Å². The van der Waals surface area contributed by atoms with Crippen molar-refractivity contribution in [3.8, 4) is 11.5 Å². The maximum absolute atomic E-state index is 13.2. The summed E-state index contributed by atoms with van der Waals surface area (Å²) in [7, 11) is -3.87. The number of benzene rings is 3. The zero-order chi connectivity index (χ0) is 21.7. The van der Waals surface area contributed by atoms with Crippen molar-refractivity contribution < 1.29 is 22.7 Å². The molecule has 0 radical (unpaired) electrons. The highest BCUT2D eigenvalue weighted by molar-refractivity contribution is 7.89. The first-order chi connectivity index (χ1) is 15.0. The van der Waals surface area contributed by atoms with Gasteiger partial charge in [-0.25, -0.2) is 8.42 Å². The van der Waals surface area contributed by atoms with Crippen LogP contribution in [0, 0.1) is 0 Å². The molecule has 1 aliphatic rings. The molecule has 7 nitrogen and oxygen atoms in total. The minimum absolute atomic E-state index is 0.0760. The Morgan fingerprint density at radius 3 is 2.23 bits per heavy atom. The third-order valence-corrected chi connectivity index (χ3v) is 6.53. The summed E-state index contributed by atoms with van der Waals surface area (Å²) in [6, 6.07) is 22.3. The Balaban J connectivity index is 1.54. The highest BCUT2D eigenvalue weighted by Crippen LogP contribution is 2.32. The first-order valence-corrected chi connectivity index (χ1v) is 11.2. The van der Waals surface area contributed by atoms with Gasteiger partial charge < -0.3 is 14.8 Å². The van der Waals surface area contributed by atoms with Gasteiger partial charge in [0.1, 0.15) is 13.2 Å². The lowest BCUT2D eigenvalue weighted by atomic mass is 10.2. The van der Waals surface area contributed by atoms with Crippen LogP contribution in [0.3, 0.4) is 0 Å². The van der Waals surface area contributed by atoms with E-state index in [0.29, 0.717) is 30.4 Å². The van der Waals surface area contributed by atoms with Gasteiger partial charge in [0.2, 0.25) is 15.9 Å². The second kappa shape index (κ2) is 9.20. The maximum atomic E-state index is 13.2. The van der Waals surface area contributed by atoms with Crippen LogP contribution in [0.1, 0.15) is 5.56 Å². The Hall–Kier alpha value is -3.36. The normalized spacial score (nSPS) is 13.1. The number of sulfonamides is 1. The number of nitrogens with zero attached hydrogens (tertiary/aromatic N) is 1. The van der Waals surface area contributed by atoms with Gasteiger partial charge in [-0.05, 0) is 29.8 Å². The van der Waals surface area contributed by atoms with E-state index in [4.69, 9.17) is 9.47 Å². The summed E-state index contributed by atoms with van der Waals surface area (Å²) in [5, 5.41) is 2.75. The van der Waals surface area contributed by atoms with Gasteiger partial charge in [-0.1, -0.05) is 48.5 Å². The van der Waals surface area contributed by atoms with Gasteiger partial charge in [-0.3, -0.25) is 4.79 Å². The first kappa shape index (κ1) is 20.9. The Morgan fingerprint density at radius 1 is 0.871 bits per heavy atom. The molecule has 0 saturated heterocycles. The lowest BCUT2D eigenvalue weighted by Crippen LogP contribution is -2.37. The third kappa shape index (κ3) is 5.04. The molecule has 0 spiro atoms. The molecule has 4 rings (SSSR count). The van der Waals surface area contributed by atoms with Crippen molar-refractivity contribution in [1.82, 2.24) is 4.31 Å². The van der Waals surface area contributed by atoms with Crippen molar-refractivity contribution >= 4 is 21.6 Å².